The molecule has 0 aromatic heterocycles. The van der Waals surface area contributed by atoms with Crippen molar-refractivity contribution in [3.05, 3.63) is 78.1 Å². The lowest BCUT2D eigenvalue weighted by Gasteiger charge is -2.22. The molecule has 1 aliphatic rings. The van der Waals surface area contributed by atoms with Crippen molar-refractivity contribution < 1.29 is 22.4 Å². The highest BCUT2D eigenvalue weighted by atomic mass is 32.2. The number of carbonyl (C=O) groups is 2. The summed E-state index contributed by atoms with van der Waals surface area (Å²) in [6.07, 6.45) is 0. The molecular weight excluding hydrogens is 453 g/mol. The molecule has 4 rings (SSSR count). The van der Waals surface area contributed by atoms with Crippen LogP contribution in [0.3, 0.4) is 0 Å². The predicted octanol–water partition coefficient (Wildman–Crippen LogP) is 4.31. The smallest absolute Gasteiger partial charge is 0.264 e. The molecule has 1 aliphatic heterocycles. The molecule has 0 aliphatic carbocycles. The largest absolute Gasteiger partial charge is 0.324 e. The van der Waals surface area contributed by atoms with Gasteiger partial charge in [-0.25, -0.2) is 12.8 Å². The molecule has 3 N–H and O–H groups in total. The minimum atomic E-state index is -4.16. The minimum absolute atomic E-state index is 0.0501. The quantitative estimate of drug-likeness (QED) is 0.514. The highest BCUT2D eigenvalue weighted by Crippen LogP contribution is 2.37. The van der Waals surface area contributed by atoms with E-state index < -0.39 is 26.6 Å². The van der Waals surface area contributed by atoms with Crippen LogP contribution in [0.1, 0.15) is 17.3 Å². The topological polar surface area (TPSA) is 104 Å². The molecule has 1 heterocycles. The first kappa shape index (κ1) is 21.8. The molecule has 0 bridgehead atoms. The fourth-order valence-electron chi connectivity index (χ4n) is 3.07. The average Bonchev–Trinajstić information content (AvgIpc) is 2.75. The van der Waals surface area contributed by atoms with Crippen LogP contribution in [0.25, 0.3) is 0 Å². The van der Waals surface area contributed by atoms with Gasteiger partial charge in [0.15, 0.2) is 0 Å². The number of carbonyl (C=O) groups excluding carboxylic acids is 2. The van der Waals surface area contributed by atoms with Gasteiger partial charge in [-0.3, -0.25) is 14.3 Å². The van der Waals surface area contributed by atoms with Gasteiger partial charge < -0.3 is 10.6 Å². The fourth-order valence-corrected chi connectivity index (χ4v) is 5.12. The number of amides is 2. The highest BCUT2D eigenvalue weighted by molar-refractivity contribution is 8.01. The summed E-state index contributed by atoms with van der Waals surface area (Å²) in [5, 5.41) is 5.19. The summed E-state index contributed by atoms with van der Waals surface area (Å²) in [6.45, 7) is 1.80. The van der Waals surface area contributed by atoms with E-state index in [1.54, 1.807) is 43.3 Å². The van der Waals surface area contributed by atoms with Crippen LogP contribution in [0.5, 0.6) is 0 Å². The summed E-state index contributed by atoms with van der Waals surface area (Å²) in [4.78, 5) is 24.7. The Hall–Kier alpha value is -3.37. The Morgan fingerprint density at radius 2 is 1.78 bits per heavy atom. The number of fused-ring (bicyclic) bond motifs is 1. The van der Waals surface area contributed by atoms with Crippen molar-refractivity contribution in [1.82, 2.24) is 0 Å². The number of para-hydroxylation sites is 1. The molecule has 2 amide bonds. The van der Waals surface area contributed by atoms with E-state index in [9.17, 15) is 22.4 Å². The van der Waals surface area contributed by atoms with Gasteiger partial charge in [0.1, 0.15) is 10.7 Å². The Balaban J connectivity index is 1.51. The van der Waals surface area contributed by atoms with Crippen molar-refractivity contribution in [3.8, 4) is 0 Å². The fraction of sp³-hybridized carbons (Fsp3) is 0.0909. The van der Waals surface area contributed by atoms with Crippen molar-refractivity contribution >= 4 is 50.7 Å². The number of hydrogen-bond donors (Lipinski definition) is 3. The first-order chi connectivity index (χ1) is 15.2. The van der Waals surface area contributed by atoms with Gasteiger partial charge >= 0.3 is 0 Å². The first-order valence-electron chi connectivity index (χ1n) is 9.53. The lowest BCUT2D eigenvalue weighted by molar-refractivity contribution is -0.115. The molecule has 7 nitrogen and oxygen atoms in total. The number of hydrogen-bond acceptors (Lipinski definition) is 5. The lowest BCUT2D eigenvalue weighted by atomic mass is 10.2. The molecule has 0 saturated carbocycles. The highest BCUT2D eigenvalue weighted by Gasteiger charge is 2.24. The molecule has 3 aromatic carbocycles. The first-order valence-corrected chi connectivity index (χ1v) is 11.9. The number of thioether (sulfide) groups is 1. The molecule has 1 unspecified atom stereocenters. The van der Waals surface area contributed by atoms with E-state index in [0.717, 1.165) is 17.0 Å². The third-order valence-corrected chi connectivity index (χ3v) is 7.27. The van der Waals surface area contributed by atoms with Gasteiger partial charge in [0.05, 0.1) is 10.9 Å². The van der Waals surface area contributed by atoms with Gasteiger partial charge in [0.25, 0.3) is 15.9 Å². The number of rotatable bonds is 5. The van der Waals surface area contributed by atoms with E-state index in [0.29, 0.717) is 17.1 Å². The molecule has 0 radical (unpaired) electrons. The predicted molar refractivity (Wildman–Crippen MR) is 122 cm³/mol. The lowest BCUT2D eigenvalue weighted by Crippen LogP contribution is -2.26. The van der Waals surface area contributed by atoms with E-state index >= 15 is 0 Å². The second-order valence-corrected chi connectivity index (χ2v) is 10.1. The Morgan fingerprint density at radius 3 is 2.50 bits per heavy atom. The second kappa shape index (κ2) is 8.64. The molecular formula is C22H18FN3O4S2. The van der Waals surface area contributed by atoms with Crippen LogP contribution < -0.4 is 15.4 Å². The van der Waals surface area contributed by atoms with Gasteiger partial charge in [-0.15, -0.1) is 11.8 Å². The van der Waals surface area contributed by atoms with E-state index in [-0.39, 0.29) is 16.7 Å². The standard InChI is InChI=1S/C22H18FN3O4S2/c1-13-21(27)25-18-12-16(8-9-19(18)31-13)24-22(28)14-7-10-20(17(23)11-14)32(29,30)26-15-5-3-2-4-6-15/h2-13,26H,1H3,(H,24,28)(H,25,27). The van der Waals surface area contributed by atoms with Crippen LogP contribution in [-0.4, -0.2) is 25.5 Å². The molecule has 0 fully saturated rings. The zero-order chi connectivity index (χ0) is 22.9. The number of halogens is 1. The Labute approximate surface area is 188 Å². The van der Waals surface area contributed by atoms with Crippen LogP contribution in [0.2, 0.25) is 0 Å². The van der Waals surface area contributed by atoms with Gasteiger partial charge in [-0.1, -0.05) is 18.2 Å². The van der Waals surface area contributed by atoms with Gasteiger partial charge in [0, 0.05) is 21.8 Å². The maximum absolute atomic E-state index is 14.6. The Bertz CT molecular complexity index is 1310. The molecule has 164 valence electrons. The van der Waals surface area contributed by atoms with Crippen molar-refractivity contribution in [2.75, 3.05) is 15.4 Å². The number of nitrogens with one attached hydrogen (secondary N) is 3. The molecule has 3 aromatic rings. The van der Waals surface area contributed by atoms with Crippen LogP contribution in [0.15, 0.2) is 76.5 Å². The number of anilines is 3. The summed E-state index contributed by atoms with van der Waals surface area (Å²) in [5.41, 5.74) is 1.23. The van der Waals surface area contributed by atoms with E-state index in [1.807, 2.05) is 0 Å². The van der Waals surface area contributed by atoms with Crippen LogP contribution >= 0.6 is 11.8 Å². The van der Waals surface area contributed by atoms with Crippen molar-refractivity contribution in [2.45, 2.75) is 22.0 Å². The second-order valence-electron chi connectivity index (χ2n) is 7.03. The van der Waals surface area contributed by atoms with E-state index in [4.69, 9.17) is 0 Å². The maximum atomic E-state index is 14.6. The van der Waals surface area contributed by atoms with Gasteiger partial charge in [-0.05, 0) is 55.5 Å². The van der Waals surface area contributed by atoms with Crippen LogP contribution in [0, 0.1) is 5.82 Å². The summed E-state index contributed by atoms with van der Waals surface area (Å²) >= 11 is 1.41. The summed E-state index contributed by atoms with van der Waals surface area (Å²) in [7, 11) is -4.16. The van der Waals surface area contributed by atoms with E-state index in [1.165, 1.54) is 30.0 Å². The maximum Gasteiger partial charge on any atom is 0.264 e. The van der Waals surface area contributed by atoms with Crippen molar-refractivity contribution in [3.63, 3.8) is 0 Å². The Morgan fingerprint density at radius 1 is 1.03 bits per heavy atom. The van der Waals surface area contributed by atoms with Gasteiger partial charge in [-0.2, -0.15) is 0 Å². The number of sulfonamides is 1. The summed E-state index contributed by atoms with van der Waals surface area (Å²) in [5.74, 6) is -1.80. The molecule has 0 saturated heterocycles. The van der Waals surface area contributed by atoms with Crippen molar-refractivity contribution in [1.29, 1.82) is 0 Å². The Kier molecular flexibility index (Phi) is 5.90. The minimum Gasteiger partial charge on any atom is -0.324 e. The third-order valence-electron chi connectivity index (χ3n) is 4.68. The molecule has 10 heteroatoms. The zero-order valence-electron chi connectivity index (χ0n) is 16.8. The van der Waals surface area contributed by atoms with E-state index in [2.05, 4.69) is 15.4 Å². The normalized spacial score (nSPS) is 15.4. The van der Waals surface area contributed by atoms with Crippen molar-refractivity contribution in [2.24, 2.45) is 0 Å². The third kappa shape index (κ3) is 4.61. The molecule has 0 spiro atoms. The zero-order valence-corrected chi connectivity index (χ0v) is 18.4. The molecule has 1 atom stereocenters. The van der Waals surface area contributed by atoms with Crippen LogP contribution in [0.4, 0.5) is 21.5 Å². The summed E-state index contributed by atoms with van der Waals surface area (Å²) < 4.78 is 41.9. The summed E-state index contributed by atoms with van der Waals surface area (Å²) in [6, 6.07) is 16.3. The van der Waals surface area contributed by atoms with Gasteiger partial charge in [0.2, 0.25) is 5.91 Å². The average molecular weight is 472 g/mol. The number of benzene rings is 3. The van der Waals surface area contributed by atoms with Crippen LogP contribution in [-0.2, 0) is 14.8 Å². The SMILES string of the molecule is CC1Sc2ccc(NC(=O)c3ccc(S(=O)(=O)Nc4ccccc4)c(F)c3)cc2NC1=O. The molecule has 32 heavy (non-hydrogen) atoms. The monoisotopic (exact) mass is 471 g/mol.